The molecule has 1 aliphatic rings. The fourth-order valence-electron chi connectivity index (χ4n) is 3.33. The van der Waals surface area contributed by atoms with Crippen LogP contribution in [0.2, 0.25) is 0 Å². The number of carbonyl (C=O) groups excluding carboxylic acids is 1. The van der Waals surface area contributed by atoms with Crippen molar-refractivity contribution in [3.8, 4) is 0 Å². The van der Waals surface area contributed by atoms with Crippen molar-refractivity contribution in [2.24, 2.45) is 11.8 Å². The first-order chi connectivity index (χ1) is 9.72. The molecule has 1 amide bonds. The number of hydrogen-bond donors (Lipinski definition) is 1. The average molecular weight is 285 g/mol. The van der Waals surface area contributed by atoms with Crippen molar-refractivity contribution in [3.05, 3.63) is 0 Å². The zero-order valence-corrected chi connectivity index (χ0v) is 13.3. The van der Waals surface area contributed by atoms with E-state index in [-0.39, 0.29) is 12.2 Å². The van der Waals surface area contributed by atoms with E-state index in [1.165, 1.54) is 19.3 Å². The smallest absolute Gasteiger partial charge is 0.407 e. The fourth-order valence-corrected chi connectivity index (χ4v) is 3.33. The Labute approximate surface area is 123 Å². The van der Waals surface area contributed by atoms with Gasteiger partial charge in [0, 0.05) is 13.7 Å². The Balaban J connectivity index is 2.53. The van der Waals surface area contributed by atoms with Crippen molar-refractivity contribution in [2.45, 2.75) is 64.9 Å². The van der Waals surface area contributed by atoms with Crippen molar-refractivity contribution in [1.29, 1.82) is 0 Å². The summed E-state index contributed by atoms with van der Waals surface area (Å²) in [7, 11) is 1.63. The molecule has 0 aromatic rings. The molecule has 1 N–H and O–H groups in total. The molecule has 0 aromatic carbocycles. The number of rotatable bonds is 8. The van der Waals surface area contributed by atoms with Crippen molar-refractivity contribution >= 4 is 6.09 Å². The summed E-state index contributed by atoms with van der Waals surface area (Å²) in [5.41, 5.74) is 0. The molecule has 1 saturated carbocycles. The maximum absolute atomic E-state index is 11.9. The van der Waals surface area contributed by atoms with Gasteiger partial charge in [-0.15, -0.1) is 0 Å². The van der Waals surface area contributed by atoms with Gasteiger partial charge < -0.3 is 14.8 Å². The Bertz CT molecular complexity index is 252. The SMILES string of the molecule is CCCC1CCCC(CCC)C1OC(=O)NCCOC. The molecule has 0 radical (unpaired) electrons. The standard InChI is InChI=1S/C16H31NO3/c1-4-7-13-9-6-10-14(8-5-2)15(13)20-16(18)17-11-12-19-3/h13-15H,4-12H2,1-3H3,(H,17,18). The van der Waals surface area contributed by atoms with Crippen molar-refractivity contribution in [3.63, 3.8) is 0 Å². The van der Waals surface area contributed by atoms with Crippen LogP contribution >= 0.6 is 0 Å². The zero-order valence-electron chi connectivity index (χ0n) is 13.3. The molecule has 1 rings (SSSR count). The van der Waals surface area contributed by atoms with Gasteiger partial charge in [0.25, 0.3) is 0 Å². The summed E-state index contributed by atoms with van der Waals surface area (Å²) >= 11 is 0. The van der Waals surface area contributed by atoms with E-state index in [1.54, 1.807) is 7.11 Å². The van der Waals surface area contributed by atoms with Crippen LogP contribution in [0.5, 0.6) is 0 Å². The first kappa shape index (κ1) is 17.3. The molecule has 0 spiro atoms. The van der Waals surface area contributed by atoms with Crippen LogP contribution in [0.1, 0.15) is 58.8 Å². The predicted molar refractivity (Wildman–Crippen MR) is 80.8 cm³/mol. The Hall–Kier alpha value is -0.770. The quantitative estimate of drug-likeness (QED) is 0.691. The third-order valence-corrected chi connectivity index (χ3v) is 4.22. The molecule has 0 saturated heterocycles. The second-order valence-corrected chi connectivity index (χ2v) is 5.82. The maximum Gasteiger partial charge on any atom is 0.407 e. The summed E-state index contributed by atoms with van der Waals surface area (Å²) in [6.45, 7) is 5.45. The molecule has 2 unspecified atom stereocenters. The van der Waals surface area contributed by atoms with E-state index >= 15 is 0 Å². The van der Waals surface area contributed by atoms with Crippen LogP contribution in [-0.4, -0.2) is 32.5 Å². The fraction of sp³-hybridized carbons (Fsp3) is 0.938. The summed E-state index contributed by atoms with van der Waals surface area (Å²) in [6, 6.07) is 0. The molecule has 0 bridgehead atoms. The molecule has 0 heterocycles. The second-order valence-electron chi connectivity index (χ2n) is 5.82. The van der Waals surface area contributed by atoms with E-state index in [0.717, 1.165) is 25.7 Å². The number of ether oxygens (including phenoxy) is 2. The Morgan fingerprint density at radius 3 is 2.25 bits per heavy atom. The van der Waals surface area contributed by atoms with Gasteiger partial charge in [-0.05, 0) is 37.5 Å². The normalized spacial score (nSPS) is 26.2. The van der Waals surface area contributed by atoms with E-state index < -0.39 is 0 Å². The van der Waals surface area contributed by atoms with Gasteiger partial charge in [0.15, 0.2) is 0 Å². The lowest BCUT2D eigenvalue weighted by Crippen LogP contribution is -2.41. The molecular weight excluding hydrogens is 254 g/mol. The molecule has 2 atom stereocenters. The summed E-state index contributed by atoms with van der Waals surface area (Å²) in [5, 5.41) is 2.77. The molecule has 4 heteroatoms. The van der Waals surface area contributed by atoms with Gasteiger partial charge in [-0.2, -0.15) is 0 Å². The number of carbonyl (C=O) groups is 1. The van der Waals surface area contributed by atoms with Crippen LogP contribution in [0.25, 0.3) is 0 Å². The number of hydrogen-bond acceptors (Lipinski definition) is 3. The van der Waals surface area contributed by atoms with E-state index in [4.69, 9.17) is 9.47 Å². The molecule has 1 aliphatic carbocycles. The van der Waals surface area contributed by atoms with Gasteiger partial charge >= 0.3 is 6.09 Å². The van der Waals surface area contributed by atoms with Gasteiger partial charge in [-0.3, -0.25) is 0 Å². The highest BCUT2D eigenvalue weighted by Gasteiger charge is 2.35. The molecule has 118 valence electrons. The second kappa shape index (κ2) is 10.0. The van der Waals surface area contributed by atoms with E-state index in [2.05, 4.69) is 19.2 Å². The van der Waals surface area contributed by atoms with Crippen LogP contribution in [0.4, 0.5) is 4.79 Å². The lowest BCUT2D eigenvalue weighted by molar-refractivity contribution is -0.00884. The lowest BCUT2D eigenvalue weighted by atomic mass is 9.75. The summed E-state index contributed by atoms with van der Waals surface area (Å²) in [5.74, 6) is 1.08. The maximum atomic E-state index is 11.9. The highest BCUT2D eigenvalue weighted by molar-refractivity contribution is 5.67. The number of alkyl carbamates (subject to hydrolysis) is 1. The Morgan fingerprint density at radius 1 is 1.15 bits per heavy atom. The van der Waals surface area contributed by atoms with E-state index in [0.29, 0.717) is 25.0 Å². The lowest BCUT2D eigenvalue weighted by Gasteiger charge is -2.37. The number of methoxy groups -OCH3 is 1. The van der Waals surface area contributed by atoms with Crippen LogP contribution in [0, 0.1) is 11.8 Å². The van der Waals surface area contributed by atoms with Crippen molar-refractivity contribution < 1.29 is 14.3 Å². The summed E-state index contributed by atoms with van der Waals surface area (Å²) in [4.78, 5) is 11.9. The van der Waals surface area contributed by atoms with Gasteiger partial charge in [-0.1, -0.05) is 33.1 Å². The predicted octanol–water partition coefficient (Wildman–Crippen LogP) is 3.74. The van der Waals surface area contributed by atoms with E-state index in [9.17, 15) is 4.79 Å². The number of nitrogens with one attached hydrogen (secondary N) is 1. The minimum Gasteiger partial charge on any atom is -0.446 e. The Kier molecular flexibility index (Phi) is 8.67. The van der Waals surface area contributed by atoms with Crippen LogP contribution in [0.3, 0.4) is 0 Å². The molecular formula is C16H31NO3. The first-order valence-electron chi connectivity index (χ1n) is 8.16. The highest BCUT2D eigenvalue weighted by Crippen LogP contribution is 2.36. The molecule has 0 aromatic heterocycles. The topological polar surface area (TPSA) is 47.6 Å². The van der Waals surface area contributed by atoms with Crippen LogP contribution < -0.4 is 5.32 Å². The molecule has 4 nitrogen and oxygen atoms in total. The van der Waals surface area contributed by atoms with Gasteiger partial charge in [-0.25, -0.2) is 4.79 Å². The molecule has 0 aliphatic heterocycles. The molecule has 20 heavy (non-hydrogen) atoms. The van der Waals surface area contributed by atoms with Gasteiger partial charge in [0.2, 0.25) is 0 Å². The van der Waals surface area contributed by atoms with Crippen molar-refractivity contribution in [1.82, 2.24) is 5.32 Å². The minimum absolute atomic E-state index is 0.103. The third kappa shape index (κ3) is 5.70. The monoisotopic (exact) mass is 285 g/mol. The van der Waals surface area contributed by atoms with Crippen LogP contribution in [-0.2, 0) is 9.47 Å². The highest BCUT2D eigenvalue weighted by atomic mass is 16.6. The van der Waals surface area contributed by atoms with Crippen LogP contribution in [0.15, 0.2) is 0 Å². The summed E-state index contributed by atoms with van der Waals surface area (Å²) in [6.07, 6.45) is 8.15. The van der Waals surface area contributed by atoms with Crippen molar-refractivity contribution in [2.75, 3.05) is 20.3 Å². The number of amides is 1. The van der Waals surface area contributed by atoms with Gasteiger partial charge in [0.1, 0.15) is 6.10 Å². The summed E-state index contributed by atoms with van der Waals surface area (Å²) < 4.78 is 10.7. The average Bonchev–Trinajstić information content (AvgIpc) is 2.43. The first-order valence-corrected chi connectivity index (χ1v) is 8.16. The van der Waals surface area contributed by atoms with E-state index in [1.807, 2.05) is 0 Å². The Morgan fingerprint density at radius 2 is 1.75 bits per heavy atom. The zero-order chi connectivity index (χ0) is 14.8. The molecule has 1 fully saturated rings. The minimum atomic E-state index is -0.281. The third-order valence-electron chi connectivity index (χ3n) is 4.22. The van der Waals surface area contributed by atoms with Gasteiger partial charge in [0.05, 0.1) is 6.61 Å². The largest absolute Gasteiger partial charge is 0.446 e.